The Bertz CT molecular complexity index is 995. The summed E-state index contributed by atoms with van der Waals surface area (Å²) in [5.74, 6) is -1.36. The van der Waals surface area contributed by atoms with E-state index in [0.29, 0.717) is 11.6 Å². The van der Waals surface area contributed by atoms with Crippen LogP contribution in [0.4, 0.5) is 13.2 Å². The average molecular weight is 444 g/mol. The highest BCUT2D eigenvalue weighted by molar-refractivity contribution is 7.89. The Morgan fingerprint density at radius 2 is 1.73 bits per heavy atom. The number of alkyl halides is 3. The summed E-state index contributed by atoms with van der Waals surface area (Å²) in [4.78, 5) is 23.2. The number of carbonyl (C=O) groups excluding carboxylic acids is 2. The molecule has 0 spiro atoms. The van der Waals surface area contributed by atoms with Gasteiger partial charge in [0, 0.05) is 0 Å². The number of esters is 1. The minimum absolute atomic E-state index is 0.188. The molecule has 0 aliphatic heterocycles. The van der Waals surface area contributed by atoms with Gasteiger partial charge in [-0.25, -0.2) is 13.1 Å². The predicted octanol–water partition coefficient (Wildman–Crippen LogP) is 2.40. The van der Waals surface area contributed by atoms with Gasteiger partial charge in [-0.2, -0.15) is 13.2 Å². The number of hydrogen-bond donors (Lipinski definition) is 2. The number of nitrogens with one attached hydrogen (secondary N) is 2. The number of benzene rings is 2. The summed E-state index contributed by atoms with van der Waals surface area (Å²) in [5.41, 5.74) is -0.533. The second-order valence-electron chi connectivity index (χ2n) is 6.16. The highest BCUT2D eigenvalue weighted by Gasteiger charge is 2.31. The molecule has 0 aliphatic rings. The van der Waals surface area contributed by atoms with Crippen molar-refractivity contribution in [3.63, 3.8) is 0 Å². The van der Waals surface area contributed by atoms with Gasteiger partial charge in [0.2, 0.25) is 15.9 Å². The summed E-state index contributed by atoms with van der Waals surface area (Å²) in [6, 6.07) is 10.9. The highest BCUT2D eigenvalue weighted by Crippen LogP contribution is 2.30. The molecule has 7 nitrogen and oxygen atoms in total. The molecule has 1 amide bonds. The third-order valence-electron chi connectivity index (χ3n) is 4.03. The van der Waals surface area contributed by atoms with Crippen molar-refractivity contribution in [2.45, 2.75) is 23.5 Å². The molecule has 30 heavy (non-hydrogen) atoms. The second kappa shape index (κ2) is 9.72. The van der Waals surface area contributed by atoms with Crippen molar-refractivity contribution in [1.82, 2.24) is 10.0 Å². The summed E-state index contributed by atoms with van der Waals surface area (Å²) >= 11 is 0. The number of methoxy groups -OCH3 is 1. The molecule has 0 heterocycles. The lowest BCUT2D eigenvalue weighted by Gasteiger charge is -2.18. The maximum atomic E-state index is 12.8. The van der Waals surface area contributed by atoms with Gasteiger partial charge in [0.05, 0.1) is 36.6 Å². The van der Waals surface area contributed by atoms with Gasteiger partial charge in [-0.15, -0.1) is 0 Å². The smallest absolute Gasteiger partial charge is 0.416 e. The van der Waals surface area contributed by atoms with E-state index >= 15 is 0 Å². The number of amides is 1. The first-order valence-corrected chi connectivity index (χ1v) is 10.1. The van der Waals surface area contributed by atoms with Crippen LogP contribution in [0.1, 0.15) is 23.6 Å². The van der Waals surface area contributed by atoms with Crippen LogP contribution in [0, 0.1) is 0 Å². The van der Waals surface area contributed by atoms with Crippen molar-refractivity contribution >= 4 is 21.9 Å². The summed E-state index contributed by atoms with van der Waals surface area (Å²) in [6.45, 7) is -0.733. The Morgan fingerprint density at radius 3 is 2.33 bits per heavy atom. The summed E-state index contributed by atoms with van der Waals surface area (Å²) < 4.78 is 69.5. The lowest BCUT2D eigenvalue weighted by Crippen LogP contribution is -2.39. The summed E-state index contributed by atoms with van der Waals surface area (Å²) in [5, 5.41) is 2.51. The van der Waals surface area contributed by atoms with Crippen molar-refractivity contribution in [2.75, 3.05) is 13.7 Å². The largest absolute Gasteiger partial charge is 0.469 e. The molecule has 162 valence electrons. The van der Waals surface area contributed by atoms with E-state index in [1.807, 2.05) is 4.72 Å². The SMILES string of the molecule is COC(=O)CC(NC(=O)CNS(=O)(=O)c1cccc(C(F)(F)F)c1)c1ccccc1. The van der Waals surface area contributed by atoms with E-state index in [4.69, 9.17) is 0 Å². The molecule has 0 radical (unpaired) electrons. The molecular formula is C19H19F3N2O5S. The molecule has 0 saturated carbocycles. The molecular weight excluding hydrogens is 425 g/mol. The van der Waals surface area contributed by atoms with Gasteiger partial charge >= 0.3 is 12.1 Å². The first-order valence-electron chi connectivity index (χ1n) is 8.61. The van der Waals surface area contributed by atoms with E-state index in [9.17, 15) is 31.2 Å². The zero-order valence-corrected chi connectivity index (χ0v) is 16.6. The molecule has 2 N–H and O–H groups in total. The first-order chi connectivity index (χ1) is 14.0. The highest BCUT2D eigenvalue weighted by atomic mass is 32.2. The molecule has 0 aliphatic carbocycles. The topological polar surface area (TPSA) is 102 Å². The number of halogens is 3. The third-order valence-corrected chi connectivity index (χ3v) is 5.43. The van der Waals surface area contributed by atoms with E-state index < -0.39 is 51.1 Å². The van der Waals surface area contributed by atoms with E-state index in [1.165, 1.54) is 7.11 Å². The van der Waals surface area contributed by atoms with Gasteiger partial charge < -0.3 is 10.1 Å². The normalized spacial score (nSPS) is 12.8. The monoisotopic (exact) mass is 444 g/mol. The van der Waals surface area contributed by atoms with Crippen LogP contribution >= 0.6 is 0 Å². The first kappa shape index (κ1) is 23.4. The standard InChI is InChI=1S/C19H19F3N2O5S/c1-29-18(26)11-16(13-6-3-2-4-7-13)24-17(25)12-23-30(27,28)15-9-5-8-14(10-15)19(20,21)22/h2-10,16,23H,11-12H2,1H3,(H,24,25). The van der Waals surface area contributed by atoms with Crippen molar-refractivity contribution in [3.05, 3.63) is 65.7 Å². The van der Waals surface area contributed by atoms with Crippen molar-refractivity contribution in [3.8, 4) is 0 Å². The molecule has 2 aromatic carbocycles. The van der Waals surface area contributed by atoms with E-state index in [1.54, 1.807) is 30.3 Å². The van der Waals surface area contributed by atoms with Gasteiger partial charge in [0.15, 0.2) is 0 Å². The number of carbonyl (C=O) groups is 2. The van der Waals surface area contributed by atoms with Crippen molar-refractivity contribution in [1.29, 1.82) is 0 Å². The van der Waals surface area contributed by atoms with Crippen LogP contribution in [-0.2, 0) is 30.5 Å². The minimum atomic E-state index is -4.71. The molecule has 0 saturated heterocycles. The molecule has 1 unspecified atom stereocenters. The Balaban J connectivity index is 2.08. The quantitative estimate of drug-likeness (QED) is 0.609. The molecule has 0 fully saturated rings. The summed E-state index contributed by atoms with van der Waals surface area (Å²) in [6.07, 6.45) is -4.90. The molecule has 1 atom stereocenters. The van der Waals surface area contributed by atoms with Crippen LogP contribution in [-0.4, -0.2) is 33.9 Å². The van der Waals surface area contributed by atoms with Gasteiger partial charge in [0.1, 0.15) is 0 Å². The van der Waals surface area contributed by atoms with Crippen LogP contribution in [0.3, 0.4) is 0 Å². The fourth-order valence-electron chi connectivity index (χ4n) is 2.52. The van der Waals surface area contributed by atoms with Crippen LogP contribution in [0.15, 0.2) is 59.5 Å². The minimum Gasteiger partial charge on any atom is -0.469 e. The maximum absolute atomic E-state index is 12.8. The zero-order valence-electron chi connectivity index (χ0n) is 15.8. The Kier molecular flexibility index (Phi) is 7.57. The van der Waals surface area contributed by atoms with E-state index in [0.717, 1.165) is 18.2 Å². The fourth-order valence-corrected chi connectivity index (χ4v) is 3.54. The number of sulfonamides is 1. The zero-order chi connectivity index (χ0) is 22.4. The van der Waals surface area contributed by atoms with E-state index in [2.05, 4.69) is 10.1 Å². The van der Waals surface area contributed by atoms with Crippen LogP contribution in [0.5, 0.6) is 0 Å². The van der Waals surface area contributed by atoms with Crippen molar-refractivity contribution < 1.29 is 35.9 Å². The number of ether oxygens (including phenoxy) is 1. The van der Waals surface area contributed by atoms with Gasteiger partial charge in [-0.3, -0.25) is 9.59 Å². The van der Waals surface area contributed by atoms with Crippen LogP contribution in [0.2, 0.25) is 0 Å². The molecule has 11 heteroatoms. The predicted molar refractivity (Wildman–Crippen MR) is 101 cm³/mol. The molecule has 2 rings (SSSR count). The van der Waals surface area contributed by atoms with Gasteiger partial charge in [0.25, 0.3) is 0 Å². The van der Waals surface area contributed by atoms with Gasteiger partial charge in [-0.1, -0.05) is 36.4 Å². The lowest BCUT2D eigenvalue weighted by atomic mass is 10.0. The number of rotatable bonds is 8. The van der Waals surface area contributed by atoms with E-state index in [-0.39, 0.29) is 6.42 Å². The average Bonchev–Trinajstić information content (AvgIpc) is 2.72. The molecule has 0 bridgehead atoms. The maximum Gasteiger partial charge on any atom is 0.416 e. The Hall–Kier alpha value is -2.92. The summed E-state index contributed by atoms with van der Waals surface area (Å²) in [7, 11) is -3.18. The Labute approximate surface area is 171 Å². The molecule has 0 aromatic heterocycles. The second-order valence-corrected chi connectivity index (χ2v) is 7.93. The van der Waals surface area contributed by atoms with Gasteiger partial charge in [-0.05, 0) is 23.8 Å². The Morgan fingerprint density at radius 1 is 1.07 bits per heavy atom. The number of hydrogen-bond acceptors (Lipinski definition) is 5. The van der Waals surface area contributed by atoms with Crippen molar-refractivity contribution in [2.24, 2.45) is 0 Å². The van der Waals surface area contributed by atoms with Crippen LogP contribution < -0.4 is 10.0 Å². The molecule has 2 aromatic rings. The van der Waals surface area contributed by atoms with Crippen LogP contribution in [0.25, 0.3) is 0 Å². The lowest BCUT2D eigenvalue weighted by molar-refractivity contribution is -0.141. The third kappa shape index (κ3) is 6.56. The fraction of sp³-hybridized carbons (Fsp3) is 0.263.